The van der Waals surface area contributed by atoms with Crippen molar-refractivity contribution >= 4 is 5.91 Å². The first-order chi connectivity index (χ1) is 9.34. The van der Waals surface area contributed by atoms with Crippen LogP contribution in [-0.2, 0) is 4.79 Å². The van der Waals surface area contributed by atoms with Crippen molar-refractivity contribution in [2.24, 2.45) is 0 Å². The monoisotopic (exact) mass is 251 g/mol. The number of carbonyl (C=O) groups excluding carboxylic acids is 1. The molecule has 1 aliphatic heterocycles. The Morgan fingerprint density at radius 3 is 2.05 bits per heavy atom. The number of hydrogen-bond acceptors (Lipinski definition) is 1. The minimum Gasteiger partial charge on any atom is -0.349 e. The van der Waals surface area contributed by atoms with E-state index in [2.05, 4.69) is 41.7 Å². The SMILES string of the molecule is O=C1CC[C@H](c2ccccc2)[C@@H](c2ccccc2)N1. The molecule has 0 aromatic heterocycles. The molecule has 2 aromatic carbocycles. The van der Waals surface area contributed by atoms with Gasteiger partial charge in [-0.2, -0.15) is 0 Å². The maximum atomic E-state index is 11.7. The summed E-state index contributed by atoms with van der Waals surface area (Å²) in [4.78, 5) is 11.7. The number of amides is 1. The third-order valence-corrected chi connectivity index (χ3v) is 3.79. The molecule has 0 bridgehead atoms. The fourth-order valence-electron chi connectivity index (χ4n) is 2.83. The van der Waals surface area contributed by atoms with Crippen LogP contribution in [0.3, 0.4) is 0 Å². The summed E-state index contributed by atoms with van der Waals surface area (Å²) in [5.41, 5.74) is 2.49. The van der Waals surface area contributed by atoms with E-state index in [-0.39, 0.29) is 11.9 Å². The van der Waals surface area contributed by atoms with E-state index in [4.69, 9.17) is 0 Å². The van der Waals surface area contributed by atoms with Crippen LogP contribution in [-0.4, -0.2) is 5.91 Å². The van der Waals surface area contributed by atoms with Gasteiger partial charge in [0.1, 0.15) is 0 Å². The summed E-state index contributed by atoms with van der Waals surface area (Å²) < 4.78 is 0. The molecule has 2 aromatic rings. The average molecular weight is 251 g/mol. The van der Waals surface area contributed by atoms with Crippen LogP contribution in [0.1, 0.15) is 35.9 Å². The lowest BCUT2D eigenvalue weighted by Crippen LogP contribution is -2.37. The third kappa shape index (κ3) is 2.53. The lowest BCUT2D eigenvalue weighted by Gasteiger charge is -2.33. The molecule has 2 nitrogen and oxygen atoms in total. The molecule has 1 heterocycles. The standard InChI is InChI=1S/C17H17NO/c19-16-12-11-15(13-7-3-1-4-8-13)17(18-16)14-9-5-2-6-10-14/h1-10,15,17H,11-12H2,(H,18,19)/t15-,17-/m1/s1. The highest BCUT2D eigenvalue weighted by Crippen LogP contribution is 2.37. The molecule has 0 saturated carbocycles. The van der Waals surface area contributed by atoms with E-state index >= 15 is 0 Å². The second-order valence-electron chi connectivity index (χ2n) is 5.01. The summed E-state index contributed by atoms with van der Waals surface area (Å²) >= 11 is 0. The van der Waals surface area contributed by atoms with Gasteiger partial charge in [-0.05, 0) is 17.5 Å². The van der Waals surface area contributed by atoms with Gasteiger partial charge in [0.2, 0.25) is 5.91 Å². The quantitative estimate of drug-likeness (QED) is 0.870. The molecule has 2 atom stereocenters. The summed E-state index contributed by atoms with van der Waals surface area (Å²) in [6.07, 6.45) is 1.53. The van der Waals surface area contributed by atoms with Gasteiger partial charge in [-0.1, -0.05) is 60.7 Å². The van der Waals surface area contributed by atoms with Crippen molar-refractivity contribution in [3.8, 4) is 0 Å². The second-order valence-corrected chi connectivity index (χ2v) is 5.01. The van der Waals surface area contributed by atoms with Crippen molar-refractivity contribution in [2.45, 2.75) is 24.8 Å². The van der Waals surface area contributed by atoms with E-state index in [1.165, 1.54) is 11.1 Å². The van der Waals surface area contributed by atoms with Crippen molar-refractivity contribution in [2.75, 3.05) is 0 Å². The molecular formula is C17H17NO. The summed E-state index contributed by atoms with van der Waals surface area (Å²) in [7, 11) is 0. The predicted molar refractivity (Wildman–Crippen MR) is 75.7 cm³/mol. The van der Waals surface area contributed by atoms with E-state index < -0.39 is 0 Å². The maximum absolute atomic E-state index is 11.7. The van der Waals surface area contributed by atoms with E-state index in [1.54, 1.807) is 0 Å². The fourth-order valence-corrected chi connectivity index (χ4v) is 2.83. The molecular weight excluding hydrogens is 234 g/mol. The molecule has 96 valence electrons. The molecule has 2 heteroatoms. The average Bonchev–Trinajstić information content (AvgIpc) is 2.49. The third-order valence-electron chi connectivity index (χ3n) is 3.79. The van der Waals surface area contributed by atoms with Crippen LogP contribution in [0.2, 0.25) is 0 Å². The van der Waals surface area contributed by atoms with Crippen molar-refractivity contribution in [1.82, 2.24) is 5.32 Å². The number of rotatable bonds is 2. The highest BCUT2D eigenvalue weighted by Gasteiger charge is 2.30. The summed E-state index contributed by atoms with van der Waals surface area (Å²) in [5, 5.41) is 3.14. The Bertz CT molecular complexity index is 550. The number of benzene rings is 2. The molecule has 0 spiro atoms. The van der Waals surface area contributed by atoms with Gasteiger partial charge in [0.15, 0.2) is 0 Å². The molecule has 1 amide bonds. The zero-order valence-electron chi connectivity index (χ0n) is 10.8. The highest BCUT2D eigenvalue weighted by atomic mass is 16.1. The van der Waals surface area contributed by atoms with Crippen LogP contribution in [0.15, 0.2) is 60.7 Å². The van der Waals surface area contributed by atoms with Gasteiger partial charge in [-0.15, -0.1) is 0 Å². The molecule has 1 saturated heterocycles. The summed E-state index contributed by atoms with van der Waals surface area (Å²) in [6, 6.07) is 20.8. The zero-order chi connectivity index (χ0) is 13.1. The lowest BCUT2D eigenvalue weighted by atomic mass is 9.81. The number of hydrogen-bond donors (Lipinski definition) is 1. The van der Waals surface area contributed by atoms with E-state index in [9.17, 15) is 4.79 Å². The first kappa shape index (κ1) is 12.0. The van der Waals surface area contributed by atoms with Gasteiger partial charge in [-0.25, -0.2) is 0 Å². The molecule has 1 N–H and O–H groups in total. The number of piperidine rings is 1. The van der Waals surface area contributed by atoms with E-state index in [0.717, 1.165) is 6.42 Å². The Hall–Kier alpha value is -2.09. The van der Waals surface area contributed by atoms with Gasteiger partial charge in [0.05, 0.1) is 6.04 Å². The van der Waals surface area contributed by atoms with Gasteiger partial charge >= 0.3 is 0 Å². The van der Waals surface area contributed by atoms with Crippen LogP contribution in [0.25, 0.3) is 0 Å². The van der Waals surface area contributed by atoms with Crippen LogP contribution in [0.5, 0.6) is 0 Å². The molecule has 19 heavy (non-hydrogen) atoms. The normalized spacial score (nSPS) is 22.8. The lowest BCUT2D eigenvalue weighted by molar-refractivity contribution is -0.123. The first-order valence-electron chi connectivity index (χ1n) is 6.74. The summed E-state index contributed by atoms with van der Waals surface area (Å²) in [6.45, 7) is 0. The van der Waals surface area contributed by atoms with Gasteiger partial charge in [0.25, 0.3) is 0 Å². The predicted octanol–water partition coefficient (Wildman–Crippen LogP) is 3.42. The fraction of sp³-hybridized carbons (Fsp3) is 0.235. The number of nitrogens with one attached hydrogen (secondary N) is 1. The number of carbonyl (C=O) groups is 1. The largest absolute Gasteiger partial charge is 0.349 e. The van der Waals surface area contributed by atoms with Crippen molar-refractivity contribution in [3.05, 3.63) is 71.8 Å². The minimum absolute atomic E-state index is 0.0878. The van der Waals surface area contributed by atoms with E-state index in [1.807, 2.05) is 24.3 Å². The van der Waals surface area contributed by atoms with Crippen LogP contribution < -0.4 is 5.32 Å². The first-order valence-corrected chi connectivity index (χ1v) is 6.74. The molecule has 1 aliphatic rings. The topological polar surface area (TPSA) is 29.1 Å². The van der Waals surface area contributed by atoms with Gasteiger partial charge < -0.3 is 5.32 Å². The van der Waals surface area contributed by atoms with E-state index in [0.29, 0.717) is 12.3 Å². The van der Waals surface area contributed by atoms with Crippen LogP contribution >= 0.6 is 0 Å². The highest BCUT2D eigenvalue weighted by molar-refractivity contribution is 5.77. The minimum atomic E-state index is 0.0878. The zero-order valence-corrected chi connectivity index (χ0v) is 10.8. The Balaban J connectivity index is 1.95. The Labute approximate surface area is 113 Å². The molecule has 3 rings (SSSR count). The molecule has 0 unspecified atom stereocenters. The smallest absolute Gasteiger partial charge is 0.220 e. The van der Waals surface area contributed by atoms with Gasteiger partial charge in [0, 0.05) is 12.3 Å². The Kier molecular flexibility index (Phi) is 3.32. The van der Waals surface area contributed by atoms with Gasteiger partial charge in [-0.3, -0.25) is 4.79 Å². The molecule has 0 radical (unpaired) electrons. The summed E-state index contributed by atoms with van der Waals surface area (Å²) in [5.74, 6) is 0.516. The van der Waals surface area contributed by atoms with Crippen LogP contribution in [0.4, 0.5) is 0 Å². The second kappa shape index (κ2) is 5.27. The van der Waals surface area contributed by atoms with Crippen molar-refractivity contribution in [3.63, 3.8) is 0 Å². The van der Waals surface area contributed by atoms with Crippen LogP contribution in [0, 0.1) is 0 Å². The molecule has 0 aliphatic carbocycles. The Morgan fingerprint density at radius 2 is 1.42 bits per heavy atom. The van der Waals surface area contributed by atoms with Crippen molar-refractivity contribution in [1.29, 1.82) is 0 Å². The van der Waals surface area contributed by atoms with Crippen molar-refractivity contribution < 1.29 is 4.79 Å². The Morgan fingerprint density at radius 1 is 0.842 bits per heavy atom. The molecule has 1 fully saturated rings. The maximum Gasteiger partial charge on any atom is 0.220 e.